The maximum Gasteiger partial charge on any atom is 0.265 e. The van der Waals surface area contributed by atoms with Crippen molar-refractivity contribution in [3.8, 4) is 0 Å². The normalized spacial score (nSPS) is 11.2. The molecule has 108 valence electrons. The van der Waals surface area contributed by atoms with Crippen LogP contribution in [0.5, 0.6) is 0 Å². The Morgan fingerprint density at radius 1 is 1.35 bits per heavy atom. The summed E-state index contributed by atoms with van der Waals surface area (Å²) in [6.45, 7) is 1.68. The van der Waals surface area contributed by atoms with Crippen LogP contribution in [0.15, 0.2) is 18.3 Å². The Bertz CT molecular complexity index is 608. The first kappa shape index (κ1) is 14.7. The van der Waals surface area contributed by atoms with E-state index in [1.807, 2.05) is 33.3 Å². The van der Waals surface area contributed by atoms with Crippen molar-refractivity contribution < 1.29 is 4.79 Å². The SMILES string of the molecule is CN(C)CCCN(C)C(=O)c1sc2ncccc2c1N. The van der Waals surface area contributed by atoms with Gasteiger partial charge in [-0.1, -0.05) is 0 Å². The van der Waals surface area contributed by atoms with Gasteiger partial charge in [-0.05, 0) is 39.2 Å². The molecular formula is C14H20N4OS. The molecule has 1 amide bonds. The molecule has 0 fully saturated rings. The first-order valence-electron chi connectivity index (χ1n) is 6.54. The van der Waals surface area contributed by atoms with Gasteiger partial charge in [-0.25, -0.2) is 4.98 Å². The predicted molar refractivity (Wildman–Crippen MR) is 84.2 cm³/mol. The minimum Gasteiger partial charge on any atom is -0.397 e. The largest absolute Gasteiger partial charge is 0.397 e. The number of anilines is 1. The second kappa shape index (κ2) is 6.19. The number of nitrogens with two attached hydrogens (primary N) is 1. The number of pyridine rings is 1. The summed E-state index contributed by atoms with van der Waals surface area (Å²) in [6.07, 6.45) is 2.66. The molecule has 0 aromatic carbocycles. The fourth-order valence-corrected chi connectivity index (χ4v) is 3.07. The number of carbonyl (C=O) groups excluding carboxylic acids is 1. The standard InChI is InChI=1S/C14H20N4OS/c1-17(2)8-5-9-18(3)14(19)12-11(15)10-6-4-7-16-13(10)20-12/h4,6-7H,5,8-9,15H2,1-3H3. The van der Waals surface area contributed by atoms with Crippen molar-refractivity contribution in [3.63, 3.8) is 0 Å². The third-order valence-electron chi connectivity index (χ3n) is 3.14. The lowest BCUT2D eigenvalue weighted by Gasteiger charge is -2.18. The van der Waals surface area contributed by atoms with Gasteiger partial charge in [0.1, 0.15) is 9.71 Å². The third kappa shape index (κ3) is 3.08. The molecule has 0 bridgehead atoms. The molecule has 0 unspecified atom stereocenters. The van der Waals surface area contributed by atoms with Crippen LogP contribution in [0.25, 0.3) is 10.2 Å². The van der Waals surface area contributed by atoms with E-state index in [9.17, 15) is 4.79 Å². The summed E-state index contributed by atoms with van der Waals surface area (Å²) in [5.74, 6) is -0.0238. The van der Waals surface area contributed by atoms with Crippen LogP contribution in [-0.2, 0) is 0 Å². The summed E-state index contributed by atoms with van der Waals surface area (Å²) in [5.41, 5.74) is 6.61. The molecule has 0 aliphatic carbocycles. The van der Waals surface area contributed by atoms with Crippen molar-refractivity contribution in [2.24, 2.45) is 0 Å². The Labute approximate surface area is 123 Å². The lowest BCUT2D eigenvalue weighted by molar-refractivity contribution is 0.0796. The van der Waals surface area contributed by atoms with Gasteiger partial charge in [0.25, 0.3) is 5.91 Å². The van der Waals surface area contributed by atoms with Gasteiger partial charge >= 0.3 is 0 Å². The van der Waals surface area contributed by atoms with Crippen molar-refractivity contribution in [2.45, 2.75) is 6.42 Å². The fraction of sp³-hybridized carbons (Fsp3) is 0.429. The number of carbonyl (C=O) groups is 1. The quantitative estimate of drug-likeness (QED) is 0.914. The van der Waals surface area contributed by atoms with E-state index in [0.717, 1.165) is 29.7 Å². The smallest absolute Gasteiger partial charge is 0.265 e. The number of aromatic nitrogens is 1. The van der Waals surface area contributed by atoms with Crippen LogP contribution >= 0.6 is 11.3 Å². The van der Waals surface area contributed by atoms with Crippen LogP contribution in [0, 0.1) is 0 Å². The highest BCUT2D eigenvalue weighted by Gasteiger charge is 2.19. The highest BCUT2D eigenvalue weighted by Crippen LogP contribution is 2.32. The van der Waals surface area contributed by atoms with E-state index >= 15 is 0 Å². The van der Waals surface area contributed by atoms with Crippen molar-refractivity contribution in [2.75, 3.05) is 40.0 Å². The van der Waals surface area contributed by atoms with Gasteiger partial charge in [0, 0.05) is 25.2 Å². The van der Waals surface area contributed by atoms with Crippen LogP contribution in [0.3, 0.4) is 0 Å². The van der Waals surface area contributed by atoms with Crippen LogP contribution in [0.1, 0.15) is 16.1 Å². The molecule has 0 aliphatic rings. The summed E-state index contributed by atoms with van der Waals surface area (Å²) in [7, 11) is 5.87. The van der Waals surface area contributed by atoms with E-state index in [-0.39, 0.29) is 5.91 Å². The van der Waals surface area contributed by atoms with Crippen LogP contribution in [0.2, 0.25) is 0 Å². The lowest BCUT2D eigenvalue weighted by Crippen LogP contribution is -2.29. The molecule has 0 spiro atoms. The molecule has 0 atom stereocenters. The average molecular weight is 292 g/mol. The van der Waals surface area contributed by atoms with Crippen molar-refractivity contribution in [1.29, 1.82) is 0 Å². The molecule has 2 heterocycles. The first-order chi connectivity index (χ1) is 9.50. The molecular weight excluding hydrogens is 272 g/mol. The molecule has 0 radical (unpaired) electrons. The minimum absolute atomic E-state index is 0.0238. The lowest BCUT2D eigenvalue weighted by atomic mass is 10.2. The van der Waals surface area contributed by atoms with Crippen molar-refractivity contribution >= 4 is 33.1 Å². The number of hydrogen-bond donors (Lipinski definition) is 1. The maximum absolute atomic E-state index is 12.4. The van der Waals surface area contributed by atoms with Crippen LogP contribution in [0.4, 0.5) is 5.69 Å². The van der Waals surface area contributed by atoms with E-state index in [0.29, 0.717) is 10.6 Å². The monoisotopic (exact) mass is 292 g/mol. The van der Waals surface area contributed by atoms with Gasteiger partial charge < -0.3 is 15.5 Å². The molecule has 0 aliphatic heterocycles. The summed E-state index contributed by atoms with van der Waals surface area (Å²) < 4.78 is 0. The molecule has 2 aromatic rings. The van der Waals surface area contributed by atoms with Gasteiger partial charge in [-0.2, -0.15) is 0 Å². The highest BCUT2D eigenvalue weighted by atomic mass is 32.1. The molecule has 6 heteroatoms. The van der Waals surface area contributed by atoms with E-state index < -0.39 is 0 Å². The van der Waals surface area contributed by atoms with Gasteiger partial charge in [0.2, 0.25) is 0 Å². The maximum atomic E-state index is 12.4. The molecule has 0 saturated carbocycles. The number of rotatable bonds is 5. The second-order valence-electron chi connectivity index (χ2n) is 5.08. The molecule has 20 heavy (non-hydrogen) atoms. The number of amides is 1. The molecule has 2 aromatic heterocycles. The zero-order chi connectivity index (χ0) is 14.7. The van der Waals surface area contributed by atoms with Gasteiger partial charge in [-0.15, -0.1) is 11.3 Å². The number of hydrogen-bond acceptors (Lipinski definition) is 5. The zero-order valence-corrected chi connectivity index (χ0v) is 12.9. The van der Waals surface area contributed by atoms with Crippen LogP contribution in [-0.4, -0.2) is 54.9 Å². The molecule has 2 N–H and O–H groups in total. The van der Waals surface area contributed by atoms with Gasteiger partial charge in [0.15, 0.2) is 0 Å². The van der Waals surface area contributed by atoms with Crippen LogP contribution < -0.4 is 5.73 Å². The zero-order valence-electron chi connectivity index (χ0n) is 12.1. The average Bonchev–Trinajstić information content (AvgIpc) is 2.75. The summed E-state index contributed by atoms with van der Waals surface area (Å²) in [5, 5.41) is 0.863. The van der Waals surface area contributed by atoms with E-state index in [4.69, 9.17) is 5.73 Å². The summed E-state index contributed by atoms with van der Waals surface area (Å²) in [6, 6.07) is 3.73. The number of nitrogens with zero attached hydrogens (tertiary/aromatic N) is 3. The Hall–Kier alpha value is -1.66. The van der Waals surface area contributed by atoms with E-state index in [2.05, 4.69) is 9.88 Å². The first-order valence-corrected chi connectivity index (χ1v) is 7.35. The fourth-order valence-electron chi connectivity index (χ4n) is 2.01. The molecule has 0 saturated heterocycles. The number of nitrogen functional groups attached to an aromatic ring is 1. The minimum atomic E-state index is -0.0238. The van der Waals surface area contributed by atoms with Gasteiger partial charge in [0.05, 0.1) is 5.69 Å². The van der Waals surface area contributed by atoms with Crippen molar-refractivity contribution in [3.05, 3.63) is 23.2 Å². The van der Waals surface area contributed by atoms with Gasteiger partial charge in [-0.3, -0.25) is 4.79 Å². The molecule has 2 rings (SSSR count). The Morgan fingerprint density at radius 3 is 2.75 bits per heavy atom. The molecule has 5 nitrogen and oxygen atoms in total. The summed E-state index contributed by atoms with van der Waals surface area (Å²) in [4.78, 5) is 21.9. The number of thiophene rings is 1. The predicted octanol–water partition coefficient (Wildman–Crippen LogP) is 1.90. The third-order valence-corrected chi connectivity index (χ3v) is 4.26. The number of fused-ring (bicyclic) bond motifs is 1. The van der Waals surface area contributed by atoms with E-state index in [1.165, 1.54) is 11.3 Å². The summed E-state index contributed by atoms with van der Waals surface area (Å²) >= 11 is 1.36. The Balaban J connectivity index is 2.12. The second-order valence-corrected chi connectivity index (χ2v) is 6.08. The Kier molecular flexibility index (Phi) is 4.57. The highest BCUT2D eigenvalue weighted by molar-refractivity contribution is 7.21. The van der Waals surface area contributed by atoms with Crippen molar-refractivity contribution in [1.82, 2.24) is 14.8 Å². The van der Waals surface area contributed by atoms with E-state index in [1.54, 1.807) is 11.1 Å². The Morgan fingerprint density at radius 2 is 2.10 bits per heavy atom. The topological polar surface area (TPSA) is 62.5 Å².